The van der Waals surface area contributed by atoms with E-state index in [0.29, 0.717) is 12.6 Å². The third-order valence-corrected chi connectivity index (χ3v) is 4.22. The summed E-state index contributed by atoms with van der Waals surface area (Å²) in [5.74, 6) is 0.807. The largest absolute Gasteiger partial charge is 0.382 e. The molecule has 0 aromatic heterocycles. The standard InChI is InChI=1S/C18H28N4O3.HI/c1-2-25-13-5-12-19-18(21-16-6-3-4-7-16)20-14-15-8-10-17(11-9-15)22(23)24;/h8-11,16H,2-7,12-14H2,1H3,(H2,19,20,21);1H. The molecule has 0 aliphatic heterocycles. The van der Waals surface area contributed by atoms with Gasteiger partial charge in [0.15, 0.2) is 5.96 Å². The summed E-state index contributed by atoms with van der Waals surface area (Å²) in [5.41, 5.74) is 1.05. The fourth-order valence-corrected chi connectivity index (χ4v) is 2.83. The molecule has 0 atom stereocenters. The van der Waals surface area contributed by atoms with Gasteiger partial charge in [0.25, 0.3) is 5.69 Å². The van der Waals surface area contributed by atoms with Gasteiger partial charge >= 0.3 is 0 Å². The zero-order valence-electron chi connectivity index (χ0n) is 15.3. The van der Waals surface area contributed by atoms with Crippen LogP contribution in [0.1, 0.15) is 44.6 Å². The molecule has 1 aliphatic carbocycles. The van der Waals surface area contributed by atoms with Crippen molar-refractivity contribution in [3.63, 3.8) is 0 Å². The minimum Gasteiger partial charge on any atom is -0.382 e. The Balaban J connectivity index is 0.00000338. The first-order chi connectivity index (χ1) is 12.2. The fourth-order valence-electron chi connectivity index (χ4n) is 2.83. The molecule has 1 fully saturated rings. The van der Waals surface area contributed by atoms with Crippen LogP contribution in [0.2, 0.25) is 0 Å². The molecule has 26 heavy (non-hydrogen) atoms. The molecule has 2 N–H and O–H groups in total. The van der Waals surface area contributed by atoms with Gasteiger partial charge in [-0.15, -0.1) is 24.0 Å². The second-order valence-corrected chi connectivity index (χ2v) is 6.19. The van der Waals surface area contributed by atoms with E-state index in [2.05, 4.69) is 15.6 Å². The Labute approximate surface area is 172 Å². The molecule has 146 valence electrons. The number of rotatable bonds is 9. The highest BCUT2D eigenvalue weighted by atomic mass is 127. The molecule has 1 saturated carbocycles. The first-order valence-corrected chi connectivity index (χ1v) is 9.05. The molecule has 2 rings (SSSR count). The van der Waals surface area contributed by atoms with Crippen LogP contribution in [0.25, 0.3) is 0 Å². The maximum absolute atomic E-state index is 10.7. The number of guanidine groups is 1. The second kappa shape index (κ2) is 12.9. The third kappa shape index (κ3) is 8.31. The van der Waals surface area contributed by atoms with Crippen LogP contribution >= 0.6 is 24.0 Å². The molecule has 8 heteroatoms. The van der Waals surface area contributed by atoms with Crippen molar-refractivity contribution in [1.82, 2.24) is 10.6 Å². The van der Waals surface area contributed by atoms with E-state index in [1.807, 2.05) is 6.92 Å². The number of hydrogen-bond donors (Lipinski definition) is 2. The molecule has 0 radical (unpaired) electrons. The van der Waals surface area contributed by atoms with E-state index >= 15 is 0 Å². The van der Waals surface area contributed by atoms with E-state index < -0.39 is 0 Å². The van der Waals surface area contributed by atoms with Crippen molar-refractivity contribution in [2.24, 2.45) is 4.99 Å². The summed E-state index contributed by atoms with van der Waals surface area (Å²) in [7, 11) is 0. The lowest BCUT2D eigenvalue weighted by molar-refractivity contribution is -0.384. The van der Waals surface area contributed by atoms with Crippen LogP contribution in [-0.2, 0) is 11.3 Å². The highest BCUT2D eigenvalue weighted by Crippen LogP contribution is 2.17. The number of nitrogens with one attached hydrogen (secondary N) is 2. The Bertz CT molecular complexity index is 560. The minimum absolute atomic E-state index is 0. The predicted octanol–water partition coefficient (Wildman–Crippen LogP) is 3.62. The summed E-state index contributed by atoms with van der Waals surface area (Å²) in [6.07, 6.45) is 5.81. The summed E-state index contributed by atoms with van der Waals surface area (Å²) in [6.45, 7) is 4.76. The van der Waals surface area contributed by atoms with E-state index in [9.17, 15) is 10.1 Å². The Morgan fingerprint density at radius 2 is 2.00 bits per heavy atom. The van der Waals surface area contributed by atoms with E-state index in [1.165, 1.54) is 37.8 Å². The number of benzene rings is 1. The van der Waals surface area contributed by atoms with Crippen LogP contribution in [0.5, 0.6) is 0 Å². The van der Waals surface area contributed by atoms with Gasteiger partial charge in [-0.05, 0) is 31.7 Å². The van der Waals surface area contributed by atoms with Crippen LogP contribution in [-0.4, -0.2) is 36.7 Å². The molecule has 0 heterocycles. The third-order valence-electron chi connectivity index (χ3n) is 4.22. The Hall–Kier alpha value is -1.42. The van der Waals surface area contributed by atoms with Gasteiger partial charge < -0.3 is 15.4 Å². The average molecular weight is 476 g/mol. The van der Waals surface area contributed by atoms with E-state index in [1.54, 1.807) is 12.1 Å². The topological polar surface area (TPSA) is 88.8 Å². The van der Waals surface area contributed by atoms with Crippen LogP contribution in [0.15, 0.2) is 29.3 Å². The monoisotopic (exact) mass is 476 g/mol. The van der Waals surface area contributed by atoms with Gasteiger partial charge in [0, 0.05) is 37.9 Å². The second-order valence-electron chi connectivity index (χ2n) is 6.19. The number of non-ortho nitro benzene ring substituents is 1. The summed E-state index contributed by atoms with van der Waals surface area (Å²) in [5, 5.41) is 17.6. The van der Waals surface area contributed by atoms with E-state index in [-0.39, 0.29) is 34.6 Å². The Kier molecular flexibility index (Phi) is 11.2. The van der Waals surface area contributed by atoms with Crippen LogP contribution < -0.4 is 10.6 Å². The molecule has 0 unspecified atom stereocenters. The summed E-state index contributed by atoms with van der Waals surface area (Å²) >= 11 is 0. The number of nitro groups is 1. The highest BCUT2D eigenvalue weighted by Gasteiger charge is 2.16. The van der Waals surface area contributed by atoms with Crippen LogP contribution in [0.3, 0.4) is 0 Å². The summed E-state index contributed by atoms with van der Waals surface area (Å²) in [4.78, 5) is 15.0. The first-order valence-electron chi connectivity index (χ1n) is 9.05. The van der Waals surface area contributed by atoms with Crippen molar-refractivity contribution in [1.29, 1.82) is 0 Å². The van der Waals surface area contributed by atoms with Gasteiger partial charge in [-0.1, -0.05) is 25.0 Å². The van der Waals surface area contributed by atoms with E-state index in [0.717, 1.165) is 37.7 Å². The smallest absolute Gasteiger partial charge is 0.269 e. The zero-order chi connectivity index (χ0) is 17.9. The number of aliphatic imine (C=N–C) groups is 1. The predicted molar refractivity (Wildman–Crippen MR) is 114 cm³/mol. The van der Waals surface area contributed by atoms with Crippen LogP contribution in [0, 0.1) is 10.1 Å². The fraction of sp³-hybridized carbons (Fsp3) is 0.611. The number of nitrogens with zero attached hydrogens (tertiary/aromatic N) is 2. The number of halogens is 1. The quantitative estimate of drug-likeness (QED) is 0.142. The molecular weight excluding hydrogens is 447 g/mol. The lowest BCUT2D eigenvalue weighted by Gasteiger charge is -2.17. The zero-order valence-corrected chi connectivity index (χ0v) is 17.6. The van der Waals surface area contributed by atoms with Crippen molar-refractivity contribution < 1.29 is 9.66 Å². The van der Waals surface area contributed by atoms with Crippen molar-refractivity contribution in [3.05, 3.63) is 39.9 Å². The average Bonchev–Trinajstić information content (AvgIpc) is 3.12. The molecule has 0 spiro atoms. The number of ether oxygens (including phenoxy) is 1. The molecule has 1 aromatic rings. The maximum Gasteiger partial charge on any atom is 0.269 e. The normalized spacial score (nSPS) is 14.7. The Morgan fingerprint density at radius 3 is 2.62 bits per heavy atom. The first kappa shape index (κ1) is 22.6. The summed E-state index contributed by atoms with van der Waals surface area (Å²) in [6, 6.07) is 7.03. The van der Waals surface area contributed by atoms with E-state index in [4.69, 9.17) is 4.74 Å². The molecule has 0 amide bonds. The lowest BCUT2D eigenvalue weighted by Crippen LogP contribution is -2.43. The van der Waals surface area contributed by atoms with Crippen molar-refractivity contribution in [2.75, 3.05) is 19.8 Å². The minimum atomic E-state index is -0.389. The van der Waals surface area contributed by atoms with Gasteiger partial charge in [-0.2, -0.15) is 0 Å². The lowest BCUT2D eigenvalue weighted by atomic mass is 10.2. The molecule has 1 aromatic carbocycles. The Morgan fingerprint density at radius 1 is 1.31 bits per heavy atom. The van der Waals surface area contributed by atoms with Gasteiger partial charge in [-0.25, -0.2) is 4.99 Å². The SMILES string of the molecule is CCOCCCNC(=NCc1ccc([N+](=O)[O-])cc1)NC1CCCC1.I. The molecular formula is C18H29IN4O3. The number of hydrogen-bond acceptors (Lipinski definition) is 4. The molecule has 0 saturated heterocycles. The molecule has 1 aliphatic rings. The van der Waals surface area contributed by atoms with Gasteiger partial charge in [0.2, 0.25) is 0 Å². The maximum atomic E-state index is 10.7. The highest BCUT2D eigenvalue weighted by molar-refractivity contribution is 14.0. The van der Waals surface area contributed by atoms with Crippen molar-refractivity contribution in [2.45, 2.75) is 51.6 Å². The van der Waals surface area contributed by atoms with Gasteiger partial charge in [0.1, 0.15) is 0 Å². The van der Waals surface area contributed by atoms with Gasteiger partial charge in [0.05, 0.1) is 11.5 Å². The van der Waals surface area contributed by atoms with Gasteiger partial charge in [-0.3, -0.25) is 10.1 Å². The molecule has 0 bridgehead atoms. The van der Waals surface area contributed by atoms with Crippen molar-refractivity contribution in [3.8, 4) is 0 Å². The van der Waals surface area contributed by atoms with Crippen LogP contribution in [0.4, 0.5) is 5.69 Å². The number of nitro benzene ring substituents is 1. The van der Waals surface area contributed by atoms with Crippen molar-refractivity contribution >= 4 is 35.6 Å². The molecule has 7 nitrogen and oxygen atoms in total. The summed E-state index contributed by atoms with van der Waals surface area (Å²) < 4.78 is 5.35.